The van der Waals surface area contributed by atoms with E-state index >= 15 is 0 Å². The molecule has 0 radical (unpaired) electrons. The molecule has 1 aromatic heterocycles. The van der Waals surface area contributed by atoms with E-state index in [0.29, 0.717) is 48.6 Å². The molecule has 1 fully saturated rings. The van der Waals surface area contributed by atoms with Gasteiger partial charge in [0.05, 0.1) is 17.5 Å². The molecule has 10 heteroatoms. The molecule has 2 aliphatic heterocycles. The van der Waals surface area contributed by atoms with Gasteiger partial charge in [0.25, 0.3) is 11.5 Å². The first kappa shape index (κ1) is 19.7. The van der Waals surface area contributed by atoms with Crippen LogP contribution in [0.2, 0.25) is 0 Å². The van der Waals surface area contributed by atoms with Gasteiger partial charge in [0.15, 0.2) is 0 Å². The summed E-state index contributed by atoms with van der Waals surface area (Å²) in [6, 6.07) is 5.57. The van der Waals surface area contributed by atoms with Crippen LogP contribution in [0.25, 0.3) is 0 Å². The molecule has 29 heavy (non-hydrogen) atoms. The largest absolute Gasteiger partial charge is 0.338 e. The number of nitrogens with zero attached hydrogens (tertiary/aromatic N) is 3. The van der Waals surface area contributed by atoms with E-state index in [-0.39, 0.29) is 30.5 Å². The second-order valence-corrected chi connectivity index (χ2v) is 9.45. The number of rotatable bonds is 3. The highest BCUT2D eigenvalue weighted by Crippen LogP contribution is 2.27. The molecule has 3 heterocycles. The number of likely N-dealkylation sites (tertiary alicyclic amines) is 1. The Morgan fingerprint density at radius 3 is 2.83 bits per heavy atom. The number of nitrogens with one attached hydrogen (secondary N) is 1. The van der Waals surface area contributed by atoms with Crippen molar-refractivity contribution in [1.29, 1.82) is 0 Å². The number of amides is 1. The Kier molecular flexibility index (Phi) is 4.99. The van der Waals surface area contributed by atoms with E-state index < -0.39 is 15.8 Å². The molecule has 0 bridgehead atoms. The molecule has 1 amide bonds. The lowest BCUT2D eigenvalue weighted by Gasteiger charge is -2.26. The van der Waals surface area contributed by atoms with Crippen molar-refractivity contribution in [1.82, 2.24) is 19.2 Å². The zero-order chi connectivity index (χ0) is 20.8. The predicted molar refractivity (Wildman–Crippen MR) is 103 cm³/mol. The van der Waals surface area contributed by atoms with Crippen LogP contribution in [0.4, 0.5) is 4.39 Å². The Hall–Kier alpha value is -2.59. The second kappa shape index (κ2) is 7.34. The zero-order valence-electron chi connectivity index (χ0n) is 15.9. The van der Waals surface area contributed by atoms with Crippen molar-refractivity contribution in [3.63, 3.8) is 0 Å². The summed E-state index contributed by atoms with van der Waals surface area (Å²) in [6.45, 7) is 1.18. The van der Waals surface area contributed by atoms with E-state index in [1.807, 2.05) is 0 Å². The van der Waals surface area contributed by atoms with E-state index in [2.05, 4.69) is 9.97 Å². The molecule has 0 aliphatic carbocycles. The Balaban J connectivity index is 1.53. The average molecular weight is 420 g/mol. The van der Waals surface area contributed by atoms with Gasteiger partial charge < -0.3 is 9.88 Å². The summed E-state index contributed by atoms with van der Waals surface area (Å²) in [6.07, 6.45) is 2.13. The van der Waals surface area contributed by atoms with Gasteiger partial charge in [-0.1, -0.05) is 6.07 Å². The molecule has 2 aliphatic rings. The quantitative estimate of drug-likeness (QED) is 0.793. The van der Waals surface area contributed by atoms with Crippen LogP contribution in [0.3, 0.4) is 0 Å². The number of benzene rings is 1. The van der Waals surface area contributed by atoms with Crippen LogP contribution >= 0.6 is 0 Å². The van der Waals surface area contributed by atoms with Crippen LogP contribution in [0.1, 0.15) is 39.8 Å². The van der Waals surface area contributed by atoms with Crippen molar-refractivity contribution < 1.29 is 17.6 Å². The molecule has 1 aromatic carbocycles. The molecule has 0 spiro atoms. The van der Waals surface area contributed by atoms with E-state index in [1.54, 1.807) is 11.0 Å². The van der Waals surface area contributed by atoms with Crippen LogP contribution in [0, 0.1) is 5.82 Å². The minimum Gasteiger partial charge on any atom is -0.338 e. The highest BCUT2D eigenvalue weighted by Gasteiger charge is 2.32. The van der Waals surface area contributed by atoms with E-state index in [4.69, 9.17) is 0 Å². The molecule has 154 valence electrons. The van der Waals surface area contributed by atoms with Gasteiger partial charge in [0.1, 0.15) is 11.6 Å². The number of carbonyl (C=O) groups excluding carboxylic acids is 1. The third-order valence-electron chi connectivity index (χ3n) is 5.45. The third kappa shape index (κ3) is 3.95. The molecule has 4 rings (SSSR count). The van der Waals surface area contributed by atoms with Crippen LogP contribution in [-0.4, -0.2) is 59.4 Å². The van der Waals surface area contributed by atoms with E-state index in [1.165, 1.54) is 22.5 Å². The summed E-state index contributed by atoms with van der Waals surface area (Å²) in [5.74, 6) is -0.332. The summed E-state index contributed by atoms with van der Waals surface area (Å²) in [7, 11) is -3.38. The fourth-order valence-corrected chi connectivity index (χ4v) is 4.65. The summed E-state index contributed by atoms with van der Waals surface area (Å²) in [5.41, 5.74) is 0.932. The molecule has 1 N–H and O–H groups in total. The number of fused-ring (bicyclic) bond motifs is 1. The molecule has 1 atom stereocenters. The van der Waals surface area contributed by atoms with Gasteiger partial charge in [-0.25, -0.2) is 17.8 Å². The highest BCUT2D eigenvalue weighted by atomic mass is 32.2. The van der Waals surface area contributed by atoms with Crippen molar-refractivity contribution >= 4 is 15.9 Å². The van der Waals surface area contributed by atoms with Crippen molar-refractivity contribution in [2.24, 2.45) is 0 Å². The number of halogens is 1. The van der Waals surface area contributed by atoms with Crippen LogP contribution in [-0.2, 0) is 23.0 Å². The maximum absolute atomic E-state index is 13.4. The standard InChI is InChI=1S/C19H21FN4O4S/c1-29(27,28)24-8-6-16-15(11-24)18(25)22-17(21-16)13-5-7-23(10-13)19(26)12-3-2-4-14(20)9-12/h2-4,9,13H,5-8,10-11H2,1H3,(H,21,22,25)/t13-/m1/s1. The smallest absolute Gasteiger partial charge is 0.255 e. The SMILES string of the molecule is CS(=O)(=O)N1CCc2nc([C@@H]3CCN(C(=O)c4cccc(F)c4)C3)[nH]c(=O)c2C1. The fourth-order valence-electron chi connectivity index (χ4n) is 3.87. The molecule has 2 aromatic rings. The van der Waals surface area contributed by atoms with Crippen molar-refractivity contribution in [3.8, 4) is 0 Å². The first-order valence-electron chi connectivity index (χ1n) is 9.34. The zero-order valence-corrected chi connectivity index (χ0v) is 16.7. The van der Waals surface area contributed by atoms with Crippen LogP contribution < -0.4 is 5.56 Å². The van der Waals surface area contributed by atoms with E-state index in [0.717, 1.165) is 6.26 Å². The maximum atomic E-state index is 13.4. The number of H-pyrrole nitrogens is 1. The van der Waals surface area contributed by atoms with Gasteiger partial charge in [-0.05, 0) is 24.6 Å². The average Bonchev–Trinajstić information content (AvgIpc) is 3.16. The second-order valence-electron chi connectivity index (χ2n) is 7.47. The number of hydrogen-bond donors (Lipinski definition) is 1. The lowest BCUT2D eigenvalue weighted by atomic mass is 10.1. The lowest BCUT2D eigenvalue weighted by molar-refractivity contribution is 0.0790. The summed E-state index contributed by atoms with van der Waals surface area (Å²) >= 11 is 0. The molecular weight excluding hydrogens is 399 g/mol. The molecular formula is C19H21FN4O4S. The van der Waals surface area contributed by atoms with E-state index in [9.17, 15) is 22.4 Å². The molecule has 1 saturated heterocycles. The van der Waals surface area contributed by atoms with Gasteiger partial charge in [-0.2, -0.15) is 4.31 Å². The Labute approximate surface area is 167 Å². The van der Waals surface area contributed by atoms with Gasteiger partial charge in [-0.15, -0.1) is 0 Å². The summed E-state index contributed by atoms with van der Waals surface area (Å²) in [5, 5.41) is 0. The Morgan fingerprint density at radius 2 is 2.10 bits per heavy atom. The van der Waals surface area contributed by atoms with Gasteiger partial charge >= 0.3 is 0 Å². The summed E-state index contributed by atoms with van der Waals surface area (Å²) in [4.78, 5) is 34.1. The minimum atomic E-state index is -3.38. The number of aromatic amines is 1. The number of hydrogen-bond acceptors (Lipinski definition) is 5. The van der Waals surface area contributed by atoms with Gasteiger partial charge in [-0.3, -0.25) is 9.59 Å². The van der Waals surface area contributed by atoms with Crippen LogP contribution in [0.15, 0.2) is 29.1 Å². The maximum Gasteiger partial charge on any atom is 0.255 e. The minimum absolute atomic E-state index is 0.0195. The fraction of sp³-hybridized carbons (Fsp3) is 0.421. The number of sulfonamides is 1. The molecule has 0 unspecified atom stereocenters. The van der Waals surface area contributed by atoms with Gasteiger partial charge in [0, 0.05) is 44.1 Å². The summed E-state index contributed by atoms with van der Waals surface area (Å²) < 4.78 is 38.2. The number of aromatic nitrogens is 2. The first-order valence-corrected chi connectivity index (χ1v) is 11.2. The Morgan fingerprint density at radius 1 is 1.31 bits per heavy atom. The third-order valence-corrected chi connectivity index (χ3v) is 6.70. The van der Waals surface area contributed by atoms with Gasteiger partial charge in [0.2, 0.25) is 10.0 Å². The predicted octanol–water partition coefficient (Wildman–Crippen LogP) is 0.856. The lowest BCUT2D eigenvalue weighted by Crippen LogP contribution is -2.39. The molecule has 0 saturated carbocycles. The Bertz CT molecular complexity index is 1130. The normalized spacial score (nSPS) is 19.9. The topological polar surface area (TPSA) is 103 Å². The van der Waals surface area contributed by atoms with Crippen molar-refractivity contribution in [2.75, 3.05) is 25.9 Å². The monoisotopic (exact) mass is 420 g/mol. The molecule has 8 nitrogen and oxygen atoms in total. The van der Waals surface area contributed by atoms with Crippen LogP contribution in [0.5, 0.6) is 0 Å². The van der Waals surface area contributed by atoms with Crippen molar-refractivity contribution in [2.45, 2.75) is 25.3 Å². The van der Waals surface area contributed by atoms with Crippen molar-refractivity contribution in [3.05, 3.63) is 63.1 Å². The first-order chi connectivity index (χ1) is 13.7. The number of carbonyl (C=O) groups is 1. The highest BCUT2D eigenvalue weighted by molar-refractivity contribution is 7.88.